The zero-order valence-corrected chi connectivity index (χ0v) is 16.6. The molecule has 0 bridgehead atoms. The van der Waals surface area contributed by atoms with Gasteiger partial charge in [0.15, 0.2) is 0 Å². The van der Waals surface area contributed by atoms with Crippen LogP contribution in [-0.4, -0.2) is 0 Å². The molecule has 0 aromatic heterocycles. The molecule has 0 unspecified atom stereocenters. The van der Waals surface area contributed by atoms with E-state index in [-0.39, 0.29) is 5.75 Å². The third-order valence-electron chi connectivity index (χ3n) is 4.56. The van der Waals surface area contributed by atoms with Crippen molar-refractivity contribution in [1.29, 1.82) is 0 Å². The quantitative estimate of drug-likeness (QED) is 0.341. The minimum atomic E-state index is -4.61. The largest absolute Gasteiger partial charge is 0.429 e. The van der Waals surface area contributed by atoms with E-state index in [0.29, 0.717) is 18.6 Å². The van der Waals surface area contributed by atoms with Gasteiger partial charge in [0.2, 0.25) is 0 Å². The Kier molecular flexibility index (Phi) is 6.39. The van der Waals surface area contributed by atoms with Gasteiger partial charge in [-0.25, -0.2) is 0 Å². The van der Waals surface area contributed by atoms with Crippen LogP contribution in [0.25, 0.3) is 0 Å². The third kappa shape index (κ3) is 5.52. The summed E-state index contributed by atoms with van der Waals surface area (Å²) in [5.74, 6) is -0.853. The van der Waals surface area contributed by atoms with E-state index < -0.39 is 40.8 Å². The molecule has 0 fully saturated rings. The van der Waals surface area contributed by atoms with Crippen LogP contribution in [0.15, 0.2) is 72.8 Å². The van der Waals surface area contributed by atoms with Crippen molar-refractivity contribution in [3.05, 3.63) is 95.1 Å². The molecule has 170 valence electrons. The van der Waals surface area contributed by atoms with Crippen molar-refractivity contribution < 1.29 is 40.2 Å². The molecule has 0 amide bonds. The van der Waals surface area contributed by atoms with Crippen molar-refractivity contribution in [2.24, 2.45) is 0 Å². The molecule has 32 heavy (non-hydrogen) atoms. The maximum atomic E-state index is 14.3. The highest BCUT2D eigenvalue weighted by Crippen LogP contribution is 2.36. The molecule has 0 saturated carbocycles. The second-order valence-electron chi connectivity index (χ2n) is 6.83. The molecule has 2 nitrogen and oxygen atoms in total. The molecule has 3 aromatic carbocycles. The van der Waals surface area contributed by atoms with Crippen LogP contribution in [0.4, 0.5) is 30.7 Å². The van der Waals surface area contributed by atoms with Gasteiger partial charge in [-0.05, 0) is 72.6 Å². The monoisotopic (exact) mass is 458 g/mol. The fourth-order valence-corrected chi connectivity index (χ4v) is 2.78. The molecule has 0 aliphatic carbocycles. The predicted molar refractivity (Wildman–Crippen MR) is 103 cm³/mol. The Morgan fingerprint density at radius 3 is 1.22 bits per heavy atom. The normalized spacial score (nSPS) is 12.5. The maximum Gasteiger partial charge on any atom is 0.426 e. The average molecular weight is 458 g/mol. The molecule has 0 N–H and O–H groups in total. The van der Waals surface area contributed by atoms with Gasteiger partial charge in [0.25, 0.3) is 0 Å². The van der Waals surface area contributed by atoms with E-state index in [9.17, 15) is 30.7 Å². The first-order valence-corrected chi connectivity index (χ1v) is 9.41. The van der Waals surface area contributed by atoms with E-state index in [1.165, 1.54) is 24.3 Å². The smallest absolute Gasteiger partial charge is 0.426 e. The van der Waals surface area contributed by atoms with Crippen molar-refractivity contribution in [3.8, 4) is 11.5 Å². The molecule has 3 aromatic rings. The van der Waals surface area contributed by atoms with Crippen LogP contribution in [0.1, 0.15) is 29.2 Å². The SMILES string of the molecule is CCc1ccc(C(F)(F)Oc2ccc(C(F)(F)Oc3ccc(C(F)(F)F)cc3)cc2)cc1. The first-order chi connectivity index (χ1) is 14.9. The van der Waals surface area contributed by atoms with Gasteiger partial charge in [-0.3, -0.25) is 0 Å². The Hall–Kier alpha value is -3.23. The summed E-state index contributed by atoms with van der Waals surface area (Å²) in [6, 6.07) is 11.8. The van der Waals surface area contributed by atoms with Crippen LogP contribution in [0.5, 0.6) is 11.5 Å². The molecular formula is C23H17F7O2. The Morgan fingerprint density at radius 2 is 0.875 bits per heavy atom. The molecule has 0 aliphatic rings. The third-order valence-corrected chi connectivity index (χ3v) is 4.56. The molecule has 0 spiro atoms. The van der Waals surface area contributed by atoms with E-state index >= 15 is 0 Å². The summed E-state index contributed by atoms with van der Waals surface area (Å²) in [6.07, 6.45) is -11.5. The van der Waals surface area contributed by atoms with Gasteiger partial charge in [0.1, 0.15) is 11.5 Å². The molecule has 0 saturated heterocycles. The van der Waals surface area contributed by atoms with Gasteiger partial charge in [-0.15, -0.1) is 0 Å². The summed E-state index contributed by atoms with van der Waals surface area (Å²) in [5.41, 5.74) is -1.24. The predicted octanol–water partition coefficient (Wildman–Crippen LogP) is 7.52. The number of halogens is 7. The van der Waals surface area contributed by atoms with Crippen LogP contribution >= 0.6 is 0 Å². The van der Waals surface area contributed by atoms with Crippen molar-refractivity contribution in [2.45, 2.75) is 31.7 Å². The van der Waals surface area contributed by atoms with E-state index in [0.717, 1.165) is 42.0 Å². The first kappa shape index (κ1) is 23.4. The summed E-state index contributed by atoms with van der Waals surface area (Å²) in [4.78, 5) is 0. The lowest BCUT2D eigenvalue weighted by Gasteiger charge is -2.21. The van der Waals surface area contributed by atoms with Gasteiger partial charge >= 0.3 is 18.4 Å². The Labute approximate surface area is 179 Å². The highest BCUT2D eigenvalue weighted by atomic mass is 19.4. The minimum absolute atomic E-state index is 0.358. The molecule has 0 atom stereocenters. The van der Waals surface area contributed by atoms with E-state index in [1.807, 2.05) is 6.92 Å². The topological polar surface area (TPSA) is 18.5 Å². The van der Waals surface area contributed by atoms with Crippen LogP contribution in [-0.2, 0) is 24.8 Å². The second-order valence-corrected chi connectivity index (χ2v) is 6.83. The zero-order valence-electron chi connectivity index (χ0n) is 16.6. The molecule has 3 rings (SSSR count). The number of hydrogen-bond donors (Lipinski definition) is 0. The number of aryl methyl sites for hydroxylation is 1. The van der Waals surface area contributed by atoms with Crippen molar-refractivity contribution in [2.75, 3.05) is 0 Å². The zero-order chi connectivity index (χ0) is 23.6. The van der Waals surface area contributed by atoms with Crippen LogP contribution in [0.3, 0.4) is 0 Å². The van der Waals surface area contributed by atoms with E-state index in [2.05, 4.69) is 9.47 Å². The summed E-state index contributed by atoms with van der Waals surface area (Å²) >= 11 is 0. The van der Waals surface area contributed by atoms with Crippen molar-refractivity contribution in [3.63, 3.8) is 0 Å². The lowest BCUT2D eigenvalue weighted by atomic mass is 10.1. The molecule has 9 heteroatoms. The lowest BCUT2D eigenvalue weighted by Crippen LogP contribution is -2.23. The standard InChI is InChI=1S/C23H17F7O2/c1-2-15-3-5-17(6-4-15)22(27,28)32-20-13-9-18(10-14-20)23(29,30)31-19-11-7-16(8-12-19)21(24,25)26/h3-14H,2H2,1H3. The second kappa shape index (κ2) is 8.72. The number of ether oxygens (including phenoxy) is 2. The number of rotatable bonds is 7. The fraction of sp³-hybridized carbons (Fsp3) is 0.217. The Bertz CT molecular complexity index is 1030. The van der Waals surface area contributed by atoms with Gasteiger partial charge in [-0.1, -0.05) is 19.1 Å². The molecule has 0 heterocycles. The Balaban J connectivity index is 1.70. The van der Waals surface area contributed by atoms with Crippen LogP contribution in [0.2, 0.25) is 0 Å². The number of hydrogen-bond acceptors (Lipinski definition) is 2. The summed E-state index contributed by atoms with van der Waals surface area (Å²) in [7, 11) is 0. The Morgan fingerprint density at radius 1 is 0.531 bits per heavy atom. The average Bonchev–Trinajstić information content (AvgIpc) is 2.73. The van der Waals surface area contributed by atoms with Crippen molar-refractivity contribution in [1.82, 2.24) is 0 Å². The van der Waals surface area contributed by atoms with E-state index in [1.54, 1.807) is 0 Å². The van der Waals surface area contributed by atoms with E-state index in [4.69, 9.17) is 0 Å². The summed E-state index contributed by atoms with van der Waals surface area (Å²) in [6.45, 7) is 1.88. The van der Waals surface area contributed by atoms with Crippen LogP contribution < -0.4 is 9.47 Å². The van der Waals surface area contributed by atoms with Gasteiger partial charge in [0, 0.05) is 0 Å². The van der Waals surface area contributed by atoms with Gasteiger partial charge in [0.05, 0.1) is 16.7 Å². The maximum absolute atomic E-state index is 14.3. The van der Waals surface area contributed by atoms with Gasteiger partial charge < -0.3 is 9.47 Å². The first-order valence-electron chi connectivity index (χ1n) is 9.41. The fourth-order valence-electron chi connectivity index (χ4n) is 2.78. The molecule has 0 aliphatic heterocycles. The highest BCUT2D eigenvalue weighted by molar-refractivity contribution is 5.33. The minimum Gasteiger partial charge on any atom is -0.429 e. The lowest BCUT2D eigenvalue weighted by molar-refractivity contribution is -0.187. The number of alkyl halides is 7. The van der Waals surface area contributed by atoms with Crippen LogP contribution in [0, 0.1) is 0 Å². The van der Waals surface area contributed by atoms with Gasteiger partial charge in [-0.2, -0.15) is 30.7 Å². The molecular weight excluding hydrogens is 441 g/mol. The van der Waals surface area contributed by atoms with Crippen molar-refractivity contribution >= 4 is 0 Å². The summed E-state index contributed by atoms with van der Waals surface area (Å²) < 4.78 is 104. The number of benzene rings is 3. The summed E-state index contributed by atoms with van der Waals surface area (Å²) in [5, 5.41) is 0. The highest BCUT2D eigenvalue weighted by Gasteiger charge is 2.37. The molecule has 0 radical (unpaired) electrons.